The Labute approximate surface area is 245 Å². The maximum absolute atomic E-state index is 14.3. The van der Waals surface area contributed by atoms with Crippen LogP contribution in [0.2, 0.25) is 0 Å². The maximum atomic E-state index is 14.3. The Morgan fingerprint density at radius 3 is 1.43 bits per heavy atom. The van der Waals surface area contributed by atoms with E-state index in [2.05, 4.69) is 54.9 Å². The molecule has 4 nitrogen and oxygen atoms in total. The predicted octanol–water partition coefficient (Wildman–Crippen LogP) is 8.52. The molecule has 4 rings (SSSR count). The smallest absolute Gasteiger partial charge is 0.241 e. The van der Waals surface area contributed by atoms with Gasteiger partial charge in [0.05, 0.1) is 20.9 Å². The first kappa shape index (κ1) is 27.3. The Morgan fingerprint density at radius 2 is 1.08 bits per heavy atom. The van der Waals surface area contributed by atoms with Gasteiger partial charge in [-0.3, -0.25) is 0 Å². The number of sulfone groups is 1. The average Bonchev–Trinajstić information content (AvgIpc) is 2.84. The van der Waals surface area contributed by atoms with Crippen molar-refractivity contribution in [3.05, 3.63) is 125 Å². The zero-order valence-corrected chi connectivity index (χ0v) is 25.3. The summed E-state index contributed by atoms with van der Waals surface area (Å²) in [7, 11) is -4.05. The van der Waals surface area contributed by atoms with Gasteiger partial charge in [-0.2, -0.15) is 0 Å². The van der Waals surface area contributed by atoms with Crippen molar-refractivity contribution in [2.75, 3.05) is 0 Å². The monoisotopic (exact) mass is 728 g/mol. The van der Waals surface area contributed by atoms with Gasteiger partial charge in [-0.1, -0.05) is 36.4 Å². The molecule has 0 radical (unpaired) electrons. The van der Waals surface area contributed by atoms with Crippen molar-refractivity contribution in [3.8, 4) is 22.3 Å². The first-order chi connectivity index (χ1) is 17.7. The van der Waals surface area contributed by atoms with Gasteiger partial charge >= 0.3 is 0 Å². The molecule has 184 valence electrons. The van der Waals surface area contributed by atoms with Crippen LogP contribution in [-0.2, 0) is 22.9 Å². The summed E-state index contributed by atoms with van der Waals surface area (Å²) in [5.74, 6) is 0. The van der Waals surface area contributed by atoms with E-state index in [4.69, 9.17) is 13.1 Å². The van der Waals surface area contributed by atoms with Crippen molar-refractivity contribution in [1.82, 2.24) is 0 Å². The molecule has 0 aliphatic carbocycles. The highest BCUT2D eigenvalue weighted by Crippen LogP contribution is 2.39. The van der Waals surface area contributed by atoms with Crippen LogP contribution in [0.5, 0.6) is 0 Å². The molecule has 4 aromatic rings. The third kappa shape index (κ3) is 5.45. The van der Waals surface area contributed by atoms with Crippen molar-refractivity contribution in [3.63, 3.8) is 0 Å². The normalized spacial score (nSPS) is 11.1. The molecule has 37 heavy (non-hydrogen) atoms. The molecule has 0 atom stereocenters. The number of hydrogen-bond donors (Lipinski definition) is 0. The van der Waals surface area contributed by atoms with Crippen molar-refractivity contribution in [2.45, 2.75) is 36.7 Å². The molecule has 0 bridgehead atoms. The summed E-state index contributed by atoms with van der Waals surface area (Å²) < 4.78 is 30.7. The third-order valence-corrected chi connectivity index (χ3v) is 9.50. The molecule has 4 aromatic carbocycles. The summed E-state index contributed by atoms with van der Waals surface area (Å²) in [5, 5.41) is 0. The van der Waals surface area contributed by atoms with E-state index in [1.807, 2.05) is 62.4 Å². The lowest BCUT2D eigenvalue weighted by Gasteiger charge is -2.18. The number of rotatable bonds is 6. The molecule has 7 heteroatoms. The van der Waals surface area contributed by atoms with Crippen LogP contribution in [0.4, 0.5) is 0 Å². The minimum Gasteiger partial charge on any atom is -0.312 e. The van der Waals surface area contributed by atoms with Gasteiger partial charge in [-0.15, -0.1) is 0 Å². The first-order valence-electron chi connectivity index (χ1n) is 11.4. The van der Waals surface area contributed by atoms with Gasteiger partial charge in [0.1, 0.15) is 0 Å². The fourth-order valence-corrected chi connectivity index (χ4v) is 7.48. The van der Waals surface area contributed by atoms with Crippen molar-refractivity contribution >= 4 is 55.0 Å². The molecule has 0 aliphatic heterocycles. The molecule has 0 aromatic heterocycles. The second-order valence-electron chi connectivity index (χ2n) is 8.62. The quantitative estimate of drug-likeness (QED) is 0.148. The van der Waals surface area contributed by atoms with E-state index in [9.17, 15) is 8.42 Å². The highest BCUT2D eigenvalue weighted by atomic mass is 127. The molecular formula is C30H22I2N2O2S. The number of halogens is 2. The number of nitrogens with zero attached hydrogens (tertiary/aromatic N) is 2. The molecule has 0 spiro atoms. The molecule has 0 saturated carbocycles. The molecule has 0 amide bonds. The second kappa shape index (κ2) is 11.3. The van der Waals surface area contributed by atoms with E-state index in [1.54, 1.807) is 24.3 Å². The summed E-state index contributed by atoms with van der Waals surface area (Å²) >= 11 is 4.46. The molecule has 0 unspecified atom stereocenters. The largest absolute Gasteiger partial charge is 0.312 e. The summed E-state index contributed by atoms with van der Waals surface area (Å²) in [6.07, 6.45) is 0. The Hall–Kier alpha value is -2.73. The van der Waals surface area contributed by atoms with Crippen LogP contribution in [-0.4, -0.2) is 8.42 Å². The van der Waals surface area contributed by atoms with Crippen LogP contribution in [0.25, 0.3) is 31.9 Å². The van der Waals surface area contributed by atoms with E-state index in [-0.39, 0.29) is 22.9 Å². The number of aryl methyl sites for hydroxylation is 2. The first-order valence-corrected chi connectivity index (χ1v) is 15.0. The van der Waals surface area contributed by atoms with Gasteiger partial charge in [-0.25, -0.2) is 21.6 Å². The second-order valence-corrected chi connectivity index (χ2v) is 13.0. The zero-order chi connectivity index (χ0) is 26.7. The third-order valence-electron chi connectivity index (χ3n) is 6.24. The Bertz CT molecular complexity index is 1590. The van der Waals surface area contributed by atoms with Gasteiger partial charge in [0.15, 0.2) is 0 Å². The standard InChI is InChI=1S/C30H22I2N2O2S/c1-19-11-13-27(25(17-33-3)29(19)21-7-5-9-23(31)15-21)37(35,36)28-14-12-20(2)30(26(28)18-34-4)22-8-6-10-24(32)16-22/h5-16H,17-18H2,1-2H3. The van der Waals surface area contributed by atoms with E-state index in [0.717, 1.165) is 40.5 Å². The number of benzene rings is 4. The van der Waals surface area contributed by atoms with Crippen LogP contribution >= 0.6 is 45.2 Å². The van der Waals surface area contributed by atoms with Gasteiger partial charge in [-0.05, 0) is 129 Å². The lowest BCUT2D eigenvalue weighted by atomic mass is 9.95. The van der Waals surface area contributed by atoms with Gasteiger partial charge in [0, 0.05) is 7.14 Å². The predicted molar refractivity (Wildman–Crippen MR) is 165 cm³/mol. The maximum Gasteiger partial charge on any atom is 0.241 e. The summed E-state index contributed by atoms with van der Waals surface area (Å²) in [6.45, 7) is 19.0. The van der Waals surface area contributed by atoms with Crippen molar-refractivity contribution in [1.29, 1.82) is 0 Å². The molecule has 0 heterocycles. The topological polar surface area (TPSA) is 42.9 Å². The minimum absolute atomic E-state index is 0.0647. The van der Waals surface area contributed by atoms with Crippen LogP contribution < -0.4 is 0 Å². The SMILES string of the molecule is [C-]#[N+]Cc1c(S(=O)(=O)c2ccc(C)c(-c3cccc(I)c3)c2C[N+]#[C-])ccc(C)c1-c1cccc(I)c1. The van der Waals surface area contributed by atoms with Crippen LogP contribution in [0.15, 0.2) is 82.6 Å². The van der Waals surface area contributed by atoms with Crippen LogP contribution in [0.3, 0.4) is 0 Å². The average molecular weight is 728 g/mol. The molecular weight excluding hydrogens is 706 g/mol. The van der Waals surface area contributed by atoms with E-state index < -0.39 is 9.84 Å². The molecule has 0 aliphatic rings. The number of hydrogen-bond acceptors (Lipinski definition) is 2. The summed E-state index contributed by atoms with van der Waals surface area (Å²) in [4.78, 5) is 7.45. The van der Waals surface area contributed by atoms with Gasteiger partial charge < -0.3 is 9.69 Å². The molecule has 0 N–H and O–H groups in total. The van der Waals surface area contributed by atoms with Gasteiger partial charge in [0.2, 0.25) is 22.9 Å². The van der Waals surface area contributed by atoms with Crippen LogP contribution in [0, 0.1) is 34.1 Å². The minimum atomic E-state index is -4.05. The van der Waals surface area contributed by atoms with Crippen molar-refractivity contribution < 1.29 is 8.42 Å². The molecule has 0 saturated heterocycles. The lowest BCUT2D eigenvalue weighted by molar-refractivity contribution is 0.594. The van der Waals surface area contributed by atoms with E-state index in [1.165, 1.54) is 0 Å². The van der Waals surface area contributed by atoms with Crippen LogP contribution in [0.1, 0.15) is 22.3 Å². The Balaban J connectivity index is 2.04. The Kier molecular flexibility index (Phi) is 8.37. The molecule has 0 fully saturated rings. The highest BCUT2D eigenvalue weighted by molar-refractivity contribution is 14.1. The zero-order valence-electron chi connectivity index (χ0n) is 20.2. The lowest BCUT2D eigenvalue weighted by Crippen LogP contribution is -2.11. The summed E-state index contributed by atoms with van der Waals surface area (Å²) in [6, 6.07) is 22.5. The fraction of sp³-hybridized carbons (Fsp3) is 0.133. The highest BCUT2D eigenvalue weighted by Gasteiger charge is 2.30. The van der Waals surface area contributed by atoms with Crippen molar-refractivity contribution in [2.24, 2.45) is 0 Å². The Morgan fingerprint density at radius 1 is 0.676 bits per heavy atom. The fourth-order valence-electron chi connectivity index (χ4n) is 4.68. The van der Waals surface area contributed by atoms with E-state index >= 15 is 0 Å². The van der Waals surface area contributed by atoms with E-state index in [0.29, 0.717) is 11.1 Å². The van der Waals surface area contributed by atoms with Gasteiger partial charge in [0.25, 0.3) is 0 Å². The summed E-state index contributed by atoms with van der Waals surface area (Å²) in [5.41, 5.74) is 6.09.